The number of nitrogens with zero attached hydrogens (tertiary/aromatic N) is 3. The Kier molecular flexibility index (Phi) is 4.89. The van der Waals surface area contributed by atoms with E-state index in [2.05, 4.69) is 11.1 Å². The third-order valence-corrected chi connectivity index (χ3v) is 5.03. The number of carbonyl (C=O) groups excluding carboxylic acids is 2. The molecule has 0 spiro atoms. The average Bonchev–Trinajstić information content (AvgIpc) is 2.78. The maximum Gasteiger partial charge on any atom is 0.276 e. The van der Waals surface area contributed by atoms with Crippen LogP contribution in [0.2, 0.25) is 0 Å². The van der Waals surface area contributed by atoms with Crippen LogP contribution in [0.3, 0.4) is 0 Å². The van der Waals surface area contributed by atoms with Crippen molar-refractivity contribution in [1.29, 1.82) is 0 Å². The van der Waals surface area contributed by atoms with Gasteiger partial charge in [0, 0.05) is 36.7 Å². The predicted molar refractivity (Wildman–Crippen MR) is 110 cm³/mol. The quantitative estimate of drug-likeness (QED) is 0.700. The molecule has 0 fully saturated rings. The van der Waals surface area contributed by atoms with E-state index in [0.717, 1.165) is 24.2 Å². The Morgan fingerprint density at radius 3 is 2.57 bits per heavy atom. The highest BCUT2D eigenvalue weighted by molar-refractivity contribution is 6.09. The first kappa shape index (κ1) is 17.9. The molecule has 0 radical (unpaired) electrons. The van der Waals surface area contributed by atoms with Crippen molar-refractivity contribution >= 4 is 23.2 Å². The molecule has 1 aliphatic rings. The van der Waals surface area contributed by atoms with Gasteiger partial charge in [0.05, 0.1) is 0 Å². The first-order valence-corrected chi connectivity index (χ1v) is 9.34. The van der Waals surface area contributed by atoms with Crippen LogP contribution in [0.4, 0.5) is 11.4 Å². The van der Waals surface area contributed by atoms with E-state index < -0.39 is 0 Å². The minimum Gasteiger partial charge on any atom is -0.310 e. The number of aryl methyl sites for hydroxylation is 1. The Morgan fingerprint density at radius 1 is 1.00 bits per heavy atom. The molecule has 140 valence electrons. The third-order valence-electron chi connectivity index (χ3n) is 5.03. The van der Waals surface area contributed by atoms with Gasteiger partial charge in [-0.3, -0.25) is 14.6 Å². The molecule has 5 nitrogen and oxygen atoms in total. The smallest absolute Gasteiger partial charge is 0.276 e. The van der Waals surface area contributed by atoms with Gasteiger partial charge >= 0.3 is 0 Å². The van der Waals surface area contributed by atoms with Crippen molar-refractivity contribution in [2.45, 2.75) is 12.8 Å². The number of hydrogen-bond acceptors (Lipinski definition) is 3. The summed E-state index contributed by atoms with van der Waals surface area (Å²) in [5.74, 6) is -0.356. The highest BCUT2D eigenvalue weighted by Crippen LogP contribution is 2.28. The molecule has 0 N–H and O–H groups in total. The second kappa shape index (κ2) is 7.64. The fraction of sp³-hybridized carbons (Fsp3) is 0.174. The average molecular weight is 371 g/mol. The number of pyridine rings is 1. The maximum atomic E-state index is 13.2. The van der Waals surface area contributed by atoms with Crippen LogP contribution >= 0.6 is 0 Å². The molecular weight excluding hydrogens is 350 g/mol. The van der Waals surface area contributed by atoms with E-state index in [-0.39, 0.29) is 17.5 Å². The topological polar surface area (TPSA) is 53.5 Å². The fourth-order valence-electron chi connectivity index (χ4n) is 3.52. The molecule has 0 unspecified atom stereocenters. The molecule has 1 aliphatic heterocycles. The Bertz CT molecular complexity index is 1020. The van der Waals surface area contributed by atoms with Gasteiger partial charge in [-0.1, -0.05) is 36.4 Å². The lowest BCUT2D eigenvalue weighted by molar-refractivity contribution is 0.0985. The van der Waals surface area contributed by atoms with Gasteiger partial charge in [0.25, 0.3) is 11.8 Å². The van der Waals surface area contributed by atoms with Gasteiger partial charge < -0.3 is 9.80 Å². The molecule has 2 aromatic carbocycles. The second-order valence-electron chi connectivity index (χ2n) is 6.82. The summed E-state index contributed by atoms with van der Waals surface area (Å²) in [7, 11) is 1.70. The van der Waals surface area contributed by atoms with Crippen molar-refractivity contribution in [2.75, 3.05) is 23.4 Å². The van der Waals surface area contributed by atoms with Crippen molar-refractivity contribution < 1.29 is 9.59 Å². The fourth-order valence-corrected chi connectivity index (χ4v) is 3.52. The number of hydrogen-bond donors (Lipinski definition) is 0. The van der Waals surface area contributed by atoms with E-state index in [4.69, 9.17) is 0 Å². The van der Waals surface area contributed by atoms with E-state index in [0.29, 0.717) is 12.1 Å². The van der Waals surface area contributed by atoms with Crippen molar-refractivity contribution in [3.05, 3.63) is 89.7 Å². The predicted octanol–water partition coefficient (Wildman–Crippen LogP) is 3.95. The summed E-state index contributed by atoms with van der Waals surface area (Å²) >= 11 is 0. The summed E-state index contributed by atoms with van der Waals surface area (Å²) in [6.07, 6.45) is 3.42. The summed E-state index contributed by atoms with van der Waals surface area (Å²) in [6, 6.07) is 20.6. The van der Waals surface area contributed by atoms with Gasteiger partial charge in [-0.05, 0) is 48.7 Å². The number of carbonyl (C=O) groups is 2. The highest BCUT2D eigenvalue weighted by Gasteiger charge is 2.24. The zero-order valence-corrected chi connectivity index (χ0v) is 15.7. The van der Waals surface area contributed by atoms with Crippen molar-refractivity contribution in [1.82, 2.24) is 4.98 Å². The molecule has 0 bridgehead atoms. The monoisotopic (exact) mass is 371 g/mol. The van der Waals surface area contributed by atoms with E-state index >= 15 is 0 Å². The molecule has 2 heterocycles. The van der Waals surface area contributed by atoms with Crippen LogP contribution in [0.1, 0.15) is 32.8 Å². The minimum absolute atomic E-state index is 0.106. The SMILES string of the molecule is CN(C(=O)c1cc(C(=O)N2CCCc3ccccc32)ccn1)c1ccccc1. The number of benzene rings is 2. The lowest BCUT2D eigenvalue weighted by atomic mass is 10.0. The van der Waals surface area contributed by atoms with E-state index in [1.54, 1.807) is 24.1 Å². The van der Waals surface area contributed by atoms with E-state index in [9.17, 15) is 9.59 Å². The standard InChI is InChI=1S/C23H21N3O2/c1-25(19-10-3-2-4-11-19)23(28)20-16-18(13-14-24-20)22(27)26-15-7-9-17-8-5-6-12-21(17)26/h2-6,8,10-14,16H,7,9,15H2,1H3. The Labute approximate surface area is 164 Å². The van der Waals surface area contributed by atoms with Crippen LogP contribution in [0, 0.1) is 0 Å². The Morgan fingerprint density at radius 2 is 1.75 bits per heavy atom. The van der Waals surface area contributed by atoms with Gasteiger partial charge in [0.15, 0.2) is 0 Å². The normalized spacial score (nSPS) is 13.0. The van der Waals surface area contributed by atoms with Gasteiger partial charge in [0.2, 0.25) is 0 Å². The molecule has 0 aliphatic carbocycles. The molecule has 4 rings (SSSR count). The lowest BCUT2D eigenvalue weighted by Crippen LogP contribution is -2.35. The number of fused-ring (bicyclic) bond motifs is 1. The molecular formula is C23H21N3O2. The van der Waals surface area contributed by atoms with Gasteiger partial charge in [0.1, 0.15) is 5.69 Å². The zero-order chi connectivity index (χ0) is 19.5. The molecule has 1 aromatic heterocycles. The maximum absolute atomic E-state index is 13.2. The van der Waals surface area contributed by atoms with Crippen LogP contribution in [0.15, 0.2) is 72.9 Å². The van der Waals surface area contributed by atoms with Gasteiger partial charge in [-0.2, -0.15) is 0 Å². The van der Waals surface area contributed by atoms with Crippen LogP contribution in [0.25, 0.3) is 0 Å². The Balaban J connectivity index is 1.61. The molecule has 0 saturated carbocycles. The Hall–Kier alpha value is -3.47. The first-order chi connectivity index (χ1) is 13.6. The van der Waals surface area contributed by atoms with Crippen LogP contribution in [-0.4, -0.2) is 30.4 Å². The summed E-state index contributed by atoms with van der Waals surface area (Å²) in [5, 5.41) is 0. The largest absolute Gasteiger partial charge is 0.310 e. The molecule has 0 saturated heterocycles. The minimum atomic E-state index is -0.250. The summed E-state index contributed by atoms with van der Waals surface area (Å²) in [5.41, 5.74) is 3.62. The van der Waals surface area contributed by atoms with Crippen LogP contribution in [0.5, 0.6) is 0 Å². The molecule has 5 heteroatoms. The van der Waals surface area contributed by atoms with Gasteiger partial charge in [-0.15, -0.1) is 0 Å². The number of para-hydroxylation sites is 2. The molecule has 2 amide bonds. The second-order valence-corrected chi connectivity index (χ2v) is 6.82. The summed E-state index contributed by atoms with van der Waals surface area (Å²) in [6.45, 7) is 0.672. The number of anilines is 2. The van der Waals surface area contributed by atoms with Crippen LogP contribution in [-0.2, 0) is 6.42 Å². The van der Waals surface area contributed by atoms with E-state index in [1.165, 1.54) is 16.7 Å². The van der Waals surface area contributed by atoms with Crippen molar-refractivity contribution in [2.24, 2.45) is 0 Å². The number of rotatable bonds is 3. The van der Waals surface area contributed by atoms with Crippen molar-refractivity contribution in [3.8, 4) is 0 Å². The van der Waals surface area contributed by atoms with Crippen LogP contribution < -0.4 is 9.80 Å². The molecule has 0 atom stereocenters. The zero-order valence-electron chi connectivity index (χ0n) is 15.7. The molecule has 3 aromatic rings. The number of amides is 2. The van der Waals surface area contributed by atoms with Crippen molar-refractivity contribution in [3.63, 3.8) is 0 Å². The first-order valence-electron chi connectivity index (χ1n) is 9.34. The van der Waals surface area contributed by atoms with E-state index in [1.807, 2.05) is 48.5 Å². The van der Waals surface area contributed by atoms with Gasteiger partial charge in [-0.25, -0.2) is 0 Å². The highest BCUT2D eigenvalue weighted by atomic mass is 16.2. The summed E-state index contributed by atoms with van der Waals surface area (Å²) in [4.78, 5) is 33.5. The lowest BCUT2D eigenvalue weighted by Gasteiger charge is -2.29. The summed E-state index contributed by atoms with van der Waals surface area (Å²) < 4.78 is 0. The molecule has 28 heavy (non-hydrogen) atoms. The third kappa shape index (κ3) is 3.39. The number of aromatic nitrogens is 1.